The van der Waals surface area contributed by atoms with Crippen molar-refractivity contribution in [3.63, 3.8) is 0 Å². The number of aromatic nitrogens is 4. The molecule has 4 aromatic rings. The average molecular weight is 719 g/mol. The van der Waals surface area contributed by atoms with Gasteiger partial charge in [0, 0.05) is 49.9 Å². The summed E-state index contributed by atoms with van der Waals surface area (Å²) in [5.41, 5.74) is 2.01. The molecule has 52 heavy (non-hydrogen) atoms. The second-order valence-corrected chi connectivity index (χ2v) is 12.5. The van der Waals surface area contributed by atoms with Crippen LogP contribution in [-0.2, 0) is 33.5 Å². The second kappa shape index (κ2) is 16.3. The van der Waals surface area contributed by atoms with Gasteiger partial charge >= 0.3 is 6.18 Å². The number of hydrogen-bond acceptors (Lipinski definition) is 8. The molecule has 2 aromatic heterocycles. The number of hydrogen-bond donors (Lipinski definition) is 1. The van der Waals surface area contributed by atoms with Gasteiger partial charge in [-0.1, -0.05) is 55.1 Å². The fourth-order valence-corrected chi connectivity index (χ4v) is 5.81. The van der Waals surface area contributed by atoms with E-state index >= 15 is 0 Å². The van der Waals surface area contributed by atoms with E-state index in [2.05, 4.69) is 31.9 Å². The van der Waals surface area contributed by atoms with E-state index in [-0.39, 0.29) is 18.4 Å². The number of carbonyl (C=O) groups is 3. The molecule has 15 heteroatoms. The highest BCUT2D eigenvalue weighted by atomic mass is 19.4. The van der Waals surface area contributed by atoms with E-state index in [9.17, 15) is 27.6 Å². The van der Waals surface area contributed by atoms with Gasteiger partial charge in [0.1, 0.15) is 17.6 Å². The number of rotatable bonds is 10. The monoisotopic (exact) mass is 718 g/mol. The quantitative estimate of drug-likeness (QED) is 0.241. The highest BCUT2D eigenvalue weighted by molar-refractivity contribution is 6.03. The molecule has 6 rings (SSSR count). The molecule has 0 saturated carbocycles. The van der Waals surface area contributed by atoms with Gasteiger partial charge in [0.25, 0.3) is 17.7 Å². The smallest absolute Gasteiger partial charge is 0.378 e. The molecule has 2 aromatic carbocycles. The molecule has 2 aliphatic rings. The van der Waals surface area contributed by atoms with Crippen molar-refractivity contribution in [2.45, 2.75) is 51.1 Å². The molecule has 1 saturated heterocycles. The van der Waals surface area contributed by atoms with Gasteiger partial charge in [0.15, 0.2) is 0 Å². The number of alkyl halides is 3. The number of benzene rings is 2. The molecule has 3 amide bonds. The lowest BCUT2D eigenvalue weighted by molar-refractivity contribution is -0.141. The summed E-state index contributed by atoms with van der Waals surface area (Å²) in [5, 5.41) is 6.83. The summed E-state index contributed by atoms with van der Waals surface area (Å²) in [6, 6.07) is 19.4. The molecule has 4 heterocycles. The Kier molecular flexibility index (Phi) is 11.9. The standard InChI is InChI=1S/C20H17F3N6O2.C17H24N2O2/c1-2-28-18-12(11-25-29(18)13-6-4-3-5-7-13)10-14(19(28)31)26-17(30)16-24-9-8-15(27-16)20(21,22)23;1-13(14(2)19(4)16-11-21-12-16)17(20)18(3)10-15-8-6-5-7-9-15/h3-9,11,14H,2,10H2,1H3,(H,26,30);5-9,14,16H,1,10-12H2,2-4H3. The number of fused-ring (bicyclic) bond motifs is 1. The fourth-order valence-electron chi connectivity index (χ4n) is 5.81. The van der Waals surface area contributed by atoms with E-state index in [1.54, 1.807) is 22.7 Å². The Labute approximate surface area is 299 Å². The van der Waals surface area contributed by atoms with Gasteiger partial charge in [0.2, 0.25) is 5.82 Å². The first-order chi connectivity index (χ1) is 24.8. The van der Waals surface area contributed by atoms with Crippen molar-refractivity contribution in [3.05, 3.63) is 114 Å². The van der Waals surface area contributed by atoms with Crippen LogP contribution in [0.15, 0.2) is 91.3 Å². The zero-order chi connectivity index (χ0) is 37.6. The third-order valence-corrected chi connectivity index (χ3v) is 9.03. The van der Waals surface area contributed by atoms with Gasteiger partial charge in [-0.3, -0.25) is 24.2 Å². The van der Waals surface area contributed by atoms with Crippen molar-refractivity contribution in [2.24, 2.45) is 0 Å². The maximum absolute atomic E-state index is 13.0. The van der Waals surface area contributed by atoms with Crippen molar-refractivity contribution < 1.29 is 32.3 Å². The Morgan fingerprint density at radius 3 is 2.31 bits per heavy atom. The molecule has 2 aliphatic heterocycles. The summed E-state index contributed by atoms with van der Waals surface area (Å²) in [7, 11) is 3.84. The van der Waals surface area contributed by atoms with Crippen LogP contribution in [0.4, 0.5) is 19.0 Å². The van der Waals surface area contributed by atoms with Crippen LogP contribution in [0.1, 0.15) is 41.3 Å². The van der Waals surface area contributed by atoms with Crippen molar-refractivity contribution in [1.29, 1.82) is 0 Å². The lowest BCUT2D eigenvalue weighted by Gasteiger charge is -2.39. The molecule has 2 unspecified atom stereocenters. The van der Waals surface area contributed by atoms with Crippen LogP contribution in [-0.4, -0.2) is 99.2 Å². The third-order valence-electron chi connectivity index (χ3n) is 9.03. The minimum atomic E-state index is -4.71. The maximum atomic E-state index is 13.0. The van der Waals surface area contributed by atoms with Gasteiger partial charge in [0.05, 0.1) is 31.1 Å². The van der Waals surface area contributed by atoms with Crippen LogP contribution in [0, 0.1) is 0 Å². The Bertz CT molecular complexity index is 1880. The Morgan fingerprint density at radius 1 is 1.06 bits per heavy atom. The first-order valence-electron chi connectivity index (χ1n) is 16.7. The number of carbonyl (C=O) groups excluding carboxylic acids is 3. The van der Waals surface area contributed by atoms with Crippen molar-refractivity contribution in [3.8, 4) is 5.69 Å². The predicted octanol–water partition coefficient (Wildman–Crippen LogP) is 4.31. The van der Waals surface area contributed by atoms with Gasteiger partial charge in [-0.15, -0.1) is 0 Å². The average Bonchev–Trinajstić information content (AvgIpc) is 3.54. The number of para-hydroxylation sites is 1. The molecule has 1 N–H and O–H groups in total. The van der Waals surface area contributed by atoms with Crippen LogP contribution in [0.2, 0.25) is 0 Å². The molecule has 1 fully saturated rings. The van der Waals surface area contributed by atoms with E-state index in [1.165, 1.54) is 4.90 Å². The van der Waals surface area contributed by atoms with E-state index < -0.39 is 35.6 Å². The van der Waals surface area contributed by atoms with E-state index in [1.807, 2.05) is 81.7 Å². The number of halogens is 3. The van der Waals surface area contributed by atoms with Crippen LogP contribution in [0.5, 0.6) is 0 Å². The molecular weight excluding hydrogens is 677 g/mol. The van der Waals surface area contributed by atoms with Crippen molar-refractivity contribution in [1.82, 2.24) is 34.9 Å². The summed E-state index contributed by atoms with van der Waals surface area (Å²) >= 11 is 0. The largest absolute Gasteiger partial charge is 0.433 e. The molecule has 0 spiro atoms. The zero-order valence-electron chi connectivity index (χ0n) is 29.4. The fraction of sp³-hybridized carbons (Fsp3) is 0.351. The zero-order valence-corrected chi connectivity index (χ0v) is 29.4. The SMILES string of the molecule is C=C(C(=O)N(C)Cc1ccccc1)C(C)N(C)C1COC1.CCN1C(=O)C(NC(=O)c2nccc(C(F)(F)F)n2)Cc2cnn(-c3ccccc3)c21. The molecule has 0 bridgehead atoms. The summed E-state index contributed by atoms with van der Waals surface area (Å²) in [6.45, 7) is 10.2. The topological polar surface area (TPSA) is 126 Å². The molecule has 274 valence electrons. The predicted molar refractivity (Wildman–Crippen MR) is 187 cm³/mol. The van der Waals surface area contributed by atoms with E-state index in [0.29, 0.717) is 36.6 Å². The Hall–Kier alpha value is -5.41. The Morgan fingerprint density at radius 2 is 1.71 bits per heavy atom. The first kappa shape index (κ1) is 37.8. The number of anilines is 1. The van der Waals surface area contributed by atoms with Gasteiger partial charge < -0.3 is 15.0 Å². The number of amides is 3. The summed E-state index contributed by atoms with van der Waals surface area (Å²) < 4.78 is 45.4. The van der Waals surface area contributed by atoms with Gasteiger partial charge in [-0.2, -0.15) is 18.3 Å². The highest BCUT2D eigenvalue weighted by Crippen LogP contribution is 2.31. The van der Waals surface area contributed by atoms with E-state index in [4.69, 9.17) is 4.74 Å². The maximum Gasteiger partial charge on any atom is 0.433 e. The van der Waals surface area contributed by atoms with Crippen LogP contribution < -0.4 is 10.2 Å². The lowest BCUT2D eigenvalue weighted by Crippen LogP contribution is -2.53. The van der Waals surface area contributed by atoms with Crippen LogP contribution in [0.3, 0.4) is 0 Å². The number of likely N-dealkylation sites (N-methyl/N-ethyl adjacent to an activating group) is 3. The summed E-state index contributed by atoms with van der Waals surface area (Å²) in [6.07, 6.45) is -2.11. The van der Waals surface area contributed by atoms with Gasteiger partial charge in [-0.05, 0) is 44.7 Å². The normalized spacial score (nSPS) is 16.3. The summed E-state index contributed by atoms with van der Waals surface area (Å²) in [4.78, 5) is 50.3. The number of ether oxygens (including phenoxy) is 1. The highest BCUT2D eigenvalue weighted by Gasteiger charge is 2.38. The molecule has 0 aliphatic carbocycles. The minimum absolute atomic E-state index is 0.00144. The van der Waals surface area contributed by atoms with Gasteiger partial charge in [-0.25, -0.2) is 14.6 Å². The van der Waals surface area contributed by atoms with Crippen molar-refractivity contribution >= 4 is 23.5 Å². The molecular formula is C37H41F3N8O4. The van der Waals surface area contributed by atoms with Crippen molar-refractivity contribution in [2.75, 3.05) is 38.8 Å². The number of nitrogens with one attached hydrogen (secondary N) is 1. The minimum Gasteiger partial charge on any atom is -0.378 e. The lowest BCUT2D eigenvalue weighted by atomic mass is 10.0. The number of nitrogens with zero attached hydrogens (tertiary/aromatic N) is 7. The molecule has 0 radical (unpaired) electrons. The van der Waals surface area contributed by atoms with E-state index in [0.717, 1.165) is 36.2 Å². The first-order valence-corrected chi connectivity index (χ1v) is 16.7. The Balaban J connectivity index is 0.000000217. The van der Waals surface area contributed by atoms with Crippen LogP contribution >= 0.6 is 0 Å². The second-order valence-electron chi connectivity index (χ2n) is 12.5. The summed E-state index contributed by atoms with van der Waals surface area (Å²) in [5.74, 6) is -1.41. The molecule has 12 nitrogen and oxygen atoms in total. The molecule has 2 atom stereocenters. The van der Waals surface area contributed by atoms with Crippen LogP contribution in [0.25, 0.3) is 5.69 Å². The third kappa shape index (κ3) is 8.54.